The molecule has 180 valence electrons. The van der Waals surface area contributed by atoms with Gasteiger partial charge in [0.25, 0.3) is 0 Å². The number of hydrogen-bond donors (Lipinski definition) is 2. The minimum atomic E-state index is -0.407. The number of nitrogens with zero attached hydrogens (tertiary/aromatic N) is 2. The van der Waals surface area contributed by atoms with Crippen LogP contribution in [-0.2, 0) is 17.7 Å². The Labute approximate surface area is 222 Å². The van der Waals surface area contributed by atoms with Crippen molar-refractivity contribution in [1.82, 2.24) is 9.78 Å². The molecule has 0 amide bonds. The van der Waals surface area contributed by atoms with Crippen LogP contribution < -0.4 is 10.6 Å². The van der Waals surface area contributed by atoms with E-state index in [9.17, 15) is 4.79 Å². The number of aromatic nitrogens is 2. The standard InChI is InChI=1S/C25H22Cl2N4O2S2/c1-2-33-24(32)19-13-18(12-16-8-4-3-5-9-16)35-23(19)29-25(34)28-22-21(27)15-31(30-22)14-17-10-6-7-11-20(17)26/h3-11,13,15H,2,12,14H2,1H3,(H2,28,29,30,34). The summed E-state index contributed by atoms with van der Waals surface area (Å²) in [6.45, 7) is 2.51. The zero-order valence-electron chi connectivity index (χ0n) is 18.8. The SMILES string of the molecule is CCOC(=O)c1cc(Cc2ccccc2)sc1NC(=S)Nc1nn(Cc2ccccc2Cl)cc1Cl. The highest BCUT2D eigenvalue weighted by molar-refractivity contribution is 7.80. The molecule has 6 nitrogen and oxygen atoms in total. The van der Waals surface area contributed by atoms with Gasteiger partial charge in [0.1, 0.15) is 10.0 Å². The van der Waals surface area contributed by atoms with Crippen LogP contribution >= 0.6 is 46.8 Å². The van der Waals surface area contributed by atoms with Crippen LogP contribution in [0.15, 0.2) is 66.9 Å². The van der Waals surface area contributed by atoms with Gasteiger partial charge >= 0.3 is 5.97 Å². The Bertz CT molecular complexity index is 1340. The lowest BCUT2D eigenvalue weighted by atomic mass is 10.1. The lowest BCUT2D eigenvalue weighted by molar-refractivity contribution is 0.0528. The molecule has 0 atom stereocenters. The van der Waals surface area contributed by atoms with Gasteiger partial charge in [0.15, 0.2) is 10.9 Å². The first-order valence-electron chi connectivity index (χ1n) is 10.8. The van der Waals surface area contributed by atoms with Crippen LogP contribution in [0.2, 0.25) is 10.0 Å². The average molecular weight is 546 g/mol. The highest BCUT2D eigenvalue weighted by Gasteiger charge is 2.19. The molecule has 2 heterocycles. The van der Waals surface area contributed by atoms with Crippen LogP contribution in [0.5, 0.6) is 0 Å². The summed E-state index contributed by atoms with van der Waals surface area (Å²) in [6, 6.07) is 19.4. The van der Waals surface area contributed by atoms with Crippen molar-refractivity contribution in [3.05, 3.63) is 98.5 Å². The van der Waals surface area contributed by atoms with E-state index in [4.69, 9.17) is 40.2 Å². The zero-order chi connectivity index (χ0) is 24.8. The lowest BCUT2D eigenvalue weighted by Crippen LogP contribution is -2.20. The number of hydrogen-bond acceptors (Lipinski definition) is 5. The van der Waals surface area contributed by atoms with Crippen molar-refractivity contribution in [2.45, 2.75) is 19.9 Å². The van der Waals surface area contributed by atoms with Gasteiger partial charge in [-0.3, -0.25) is 4.68 Å². The maximum Gasteiger partial charge on any atom is 0.341 e. The van der Waals surface area contributed by atoms with E-state index < -0.39 is 5.97 Å². The van der Waals surface area contributed by atoms with Crippen LogP contribution in [0.4, 0.5) is 10.8 Å². The van der Waals surface area contributed by atoms with Crippen LogP contribution in [-0.4, -0.2) is 27.5 Å². The number of carbonyl (C=O) groups is 1. The molecule has 10 heteroatoms. The van der Waals surface area contributed by atoms with E-state index in [1.54, 1.807) is 17.8 Å². The Kier molecular flexibility index (Phi) is 8.41. The first-order valence-corrected chi connectivity index (χ1v) is 12.8. The normalized spacial score (nSPS) is 10.7. The maximum absolute atomic E-state index is 12.6. The molecule has 0 unspecified atom stereocenters. The molecule has 0 spiro atoms. The number of thiophene rings is 1. The molecule has 2 aromatic heterocycles. The number of anilines is 2. The molecular weight excluding hydrogens is 523 g/mol. The van der Waals surface area contributed by atoms with Crippen molar-refractivity contribution < 1.29 is 9.53 Å². The third kappa shape index (κ3) is 6.61. The number of thiocarbonyl (C=S) groups is 1. The van der Waals surface area contributed by atoms with E-state index in [0.717, 1.165) is 16.0 Å². The first kappa shape index (κ1) is 25.2. The molecule has 0 aliphatic carbocycles. The van der Waals surface area contributed by atoms with E-state index in [1.807, 2.05) is 60.7 Å². The largest absolute Gasteiger partial charge is 0.462 e. The summed E-state index contributed by atoms with van der Waals surface area (Å²) in [5.74, 6) is -0.00891. The highest BCUT2D eigenvalue weighted by atomic mass is 35.5. The van der Waals surface area contributed by atoms with Crippen molar-refractivity contribution in [2.75, 3.05) is 17.2 Å². The molecule has 0 radical (unpaired) electrons. The maximum atomic E-state index is 12.6. The van der Waals surface area contributed by atoms with Crippen LogP contribution in [0.1, 0.15) is 33.3 Å². The Morgan fingerprint density at radius 1 is 1.09 bits per heavy atom. The Hall–Kier alpha value is -2.91. The predicted molar refractivity (Wildman–Crippen MR) is 147 cm³/mol. The number of rotatable bonds is 8. The second-order valence-corrected chi connectivity index (χ2v) is 9.89. The number of halogens is 2. The third-order valence-electron chi connectivity index (χ3n) is 4.97. The average Bonchev–Trinajstić information content (AvgIpc) is 3.38. The summed E-state index contributed by atoms with van der Waals surface area (Å²) in [5, 5.41) is 12.5. The van der Waals surface area contributed by atoms with Crippen molar-refractivity contribution in [3.8, 4) is 0 Å². The molecule has 4 rings (SSSR count). The van der Waals surface area contributed by atoms with Crippen molar-refractivity contribution in [3.63, 3.8) is 0 Å². The van der Waals surface area contributed by atoms with Crippen molar-refractivity contribution >= 4 is 68.7 Å². The fourth-order valence-electron chi connectivity index (χ4n) is 3.39. The molecule has 0 fully saturated rings. The second-order valence-electron chi connectivity index (χ2n) is 7.53. The molecule has 0 saturated carbocycles. The van der Waals surface area contributed by atoms with Gasteiger partial charge in [-0.15, -0.1) is 11.3 Å². The fourth-order valence-corrected chi connectivity index (χ4v) is 5.13. The number of esters is 1. The summed E-state index contributed by atoms with van der Waals surface area (Å²) in [7, 11) is 0. The fraction of sp³-hybridized carbons (Fsp3) is 0.160. The topological polar surface area (TPSA) is 68.2 Å². The summed E-state index contributed by atoms with van der Waals surface area (Å²) in [5.41, 5.74) is 2.50. The molecule has 2 aromatic carbocycles. The molecule has 0 aliphatic heterocycles. The van der Waals surface area contributed by atoms with Crippen LogP contribution in [0.3, 0.4) is 0 Å². The van der Waals surface area contributed by atoms with Crippen LogP contribution in [0.25, 0.3) is 0 Å². The van der Waals surface area contributed by atoms with Gasteiger partial charge in [-0.1, -0.05) is 71.7 Å². The van der Waals surface area contributed by atoms with Gasteiger partial charge in [-0.05, 0) is 42.4 Å². The van der Waals surface area contributed by atoms with Gasteiger partial charge < -0.3 is 15.4 Å². The molecule has 0 bridgehead atoms. The quantitative estimate of drug-likeness (QED) is 0.186. The molecule has 0 saturated heterocycles. The van der Waals surface area contributed by atoms with Crippen molar-refractivity contribution in [2.24, 2.45) is 0 Å². The first-order chi connectivity index (χ1) is 16.9. The summed E-state index contributed by atoms with van der Waals surface area (Å²) >= 11 is 19.6. The summed E-state index contributed by atoms with van der Waals surface area (Å²) in [6.07, 6.45) is 2.39. The van der Waals surface area contributed by atoms with E-state index in [1.165, 1.54) is 11.3 Å². The molecule has 4 aromatic rings. The number of nitrogens with one attached hydrogen (secondary N) is 2. The van der Waals surface area contributed by atoms with E-state index in [2.05, 4.69) is 15.7 Å². The summed E-state index contributed by atoms with van der Waals surface area (Å²) < 4.78 is 6.92. The monoisotopic (exact) mass is 544 g/mol. The number of benzene rings is 2. The Morgan fingerprint density at radius 3 is 2.57 bits per heavy atom. The number of carbonyl (C=O) groups excluding carboxylic acids is 1. The second kappa shape index (κ2) is 11.7. The Morgan fingerprint density at radius 2 is 1.83 bits per heavy atom. The zero-order valence-corrected chi connectivity index (χ0v) is 21.9. The third-order valence-corrected chi connectivity index (χ3v) is 6.87. The molecule has 0 aliphatic rings. The minimum absolute atomic E-state index is 0.258. The predicted octanol–water partition coefficient (Wildman–Crippen LogP) is 6.88. The molecule has 35 heavy (non-hydrogen) atoms. The van der Waals surface area contributed by atoms with Gasteiger partial charge in [-0.2, -0.15) is 5.10 Å². The van der Waals surface area contributed by atoms with Crippen LogP contribution in [0, 0.1) is 0 Å². The summed E-state index contributed by atoms with van der Waals surface area (Å²) in [4.78, 5) is 13.6. The van der Waals surface area contributed by atoms with E-state index in [0.29, 0.717) is 39.4 Å². The van der Waals surface area contributed by atoms with Gasteiger partial charge in [-0.25, -0.2) is 4.79 Å². The Balaban J connectivity index is 1.48. The van der Waals surface area contributed by atoms with Crippen molar-refractivity contribution in [1.29, 1.82) is 0 Å². The molecular formula is C25H22Cl2N4O2S2. The van der Waals surface area contributed by atoms with E-state index >= 15 is 0 Å². The minimum Gasteiger partial charge on any atom is -0.462 e. The lowest BCUT2D eigenvalue weighted by Gasteiger charge is -2.09. The molecule has 2 N–H and O–H groups in total. The smallest absolute Gasteiger partial charge is 0.341 e. The highest BCUT2D eigenvalue weighted by Crippen LogP contribution is 2.31. The van der Waals surface area contributed by atoms with Gasteiger partial charge in [0, 0.05) is 22.5 Å². The number of ether oxygens (including phenoxy) is 1. The van der Waals surface area contributed by atoms with E-state index in [-0.39, 0.29) is 11.7 Å². The van der Waals surface area contributed by atoms with Gasteiger partial charge in [0.2, 0.25) is 0 Å². The van der Waals surface area contributed by atoms with Gasteiger partial charge in [0.05, 0.1) is 18.7 Å².